The van der Waals surface area contributed by atoms with Crippen LogP contribution in [-0.4, -0.2) is 37.5 Å². The van der Waals surface area contributed by atoms with E-state index in [1.165, 1.54) is 64.5 Å². The lowest BCUT2D eigenvalue weighted by molar-refractivity contribution is -0.121. The average Bonchev–Trinajstić information content (AvgIpc) is 2.70. The summed E-state index contributed by atoms with van der Waals surface area (Å²) in [6, 6.07) is 0. The molecule has 1 heterocycles. The van der Waals surface area contributed by atoms with E-state index in [0.29, 0.717) is 5.92 Å². The highest BCUT2D eigenvalue weighted by Crippen LogP contribution is 2.27. The van der Waals surface area contributed by atoms with Gasteiger partial charge in [0.2, 0.25) is 5.91 Å². The Labute approximate surface area is 118 Å². The third-order valence-corrected chi connectivity index (χ3v) is 4.95. The lowest BCUT2D eigenvalue weighted by atomic mass is 9.96. The van der Waals surface area contributed by atoms with E-state index in [9.17, 15) is 4.79 Å². The topological polar surface area (TPSA) is 32.3 Å². The van der Waals surface area contributed by atoms with Gasteiger partial charge in [0, 0.05) is 20.0 Å². The highest BCUT2D eigenvalue weighted by molar-refractivity contribution is 5.75. The number of nitrogens with one attached hydrogen (secondary N) is 1. The molecule has 1 saturated carbocycles. The van der Waals surface area contributed by atoms with Crippen LogP contribution in [0.15, 0.2) is 0 Å². The van der Waals surface area contributed by atoms with Gasteiger partial charge in [0.05, 0.1) is 0 Å². The molecule has 2 fully saturated rings. The van der Waals surface area contributed by atoms with Crippen molar-refractivity contribution in [2.75, 3.05) is 26.7 Å². The number of nitrogens with zero attached hydrogens (tertiary/aromatic N) is 1. The Kier molecular flexibility index (Phi) is 6.15. The van der Waals surface area contributed by atoms with E-state index in [2.05, 4.69) is 10.2 Å². The van der Waals surface area contributed by atoms with Gasteiger partial charge in [-0.05, 0) is 37.8 Å². The van der Waals surface area contributed by atoms with Crippen molar-refractivity contribution in [1.29, 1.82) is 0 Å². The Bertz CT molecular complexity index is 272. The number of carbonyl (C=O) groups excluding carboxylic acids is 1. The van der Waals surface area contributed by atoms with E-state index in [0.717, 1.165) is 18.9 Å². The molecule has 1 aliphatic heterocycles. The second-order valence-electron chi connectivity index (χ2n) is 6.48. The molecule has 19 heavy (non-hydrogen) atoms. The molecule has 0 aromatic rings. The molecule has 0 aromatic carbocycles. The van der Waals surface area contributed by atoms with Crippen LogP contribution in [0, 0.1) is 11.8 Å². The molecule has 1 atom stereocenters. The molecule has 2 aliphatic rings. The summed E-state index contributed by atoms with van der Waals surface area (Å²) in [5, 5.41) is 2.74. The summed E-state index contributed by atoms with van der Waals surface area (Å²) in [5.74, 6) is 1.77. The summed E-state index contributed by atoms with van der Waals surface area (Å²) < 4.78 is 0. The second-order valence-corrected chi connectivity index (χ2v) is 6.48. The van der Waals surface area contributed by atoms with Gasteiger partial charge in [0.1, 0.15) is 0 Å². The Hall–Kier alpha value is -0.570. The molecule has 1 N–H and O–H groups in total. The van der Waals surface area contributed by atoms with Gasteiger partial charge in [-0.25, -0.2) is 0 Å². The molecule has 0 bridgehead atoms. The molecule has 0 spiro atoms. The monoisotopic (exact) mass is 266 g/mol. The lowest BCUT2D eigenvalue weighted by Crippen LogP contribution is -2.26. The van der Waals surface area contributed by atoms with Gasteiger partial charge in [-0.2, -0.15) is 0 Å². The van der Waals surface area contributed by atoms with E-state index in [1.54, 1.807) is 7.05 Å². The maximum absolute atomic E-state index is 11.4. The lowest BCUT2D eigenvalue weighted by Gasteiger charge is -2.20. The van der Waals surface area contributed by atoms with Crippen LogP contribution in [0.25, 0.3) is 0 Å². The van der Waals surface area contributed by atoms with Gasteiger partial charge in [-0.15, -0.1) is 0 Å². The van der Waals surface area contributed by atoms with E-state index in [-0.39, 0.29) is 5.91 Å². The molecule has 1 saturated heterocycles. The normalized spacial score (nSPS) is 26.3. The first-order valence-electron chi connectivity index (χ1n) is 8.21. The van der Waals surface area contributed by atoms with E-state index in [4.69, 9.17) is 0 Å². The average molecular weight is 266 g/mol. The first kappa shape index (κ1) is 14.8. The summed E-state index contributed by atoms with van der Waals surface area (Å²) in [7, 11) is 1.74. The van der Waals surface area contributed by atoms with Crippen LogP contribution in [-0.2, 0) is 4.79 Å². The molecular formula is C16H30N2O. The molecule has 110 valence electrons. The van der Waals surface area contributed by atoms with Crippen LogP contribution in [0.5, 0.6) is 0 Å². The smallest absolute Gasteiger partial charge is 0.220 e. The minimum absolute atomic E-state index is 0.204. The molecule has 2 rings (SSSR count). The van der Waals surface area contributed by atoms with E-state index in [1.807, 2.05) is 0 Å². The number of amides is 1. The van der Waals surface area contributed by atoms with Crippen molar-refractivity contribution in [2.24, 2.45) is 11.8 Å². The molecular weight excluding hydrogens is 236 g/mol. The van der Waals surface area contributed by atoms with E-state index >= 15 is 0 Å². The van der Waals surface area contributed by atoms with Gasteiger partial charge < -0.3 is 10.2 Å². The van der Waals surface area contributed by atoms with Gasteiger partial charge in [0.15, 0.2) is 0 Å². The van der Waals surface area contributed by atoms with Crippen molar-refractivity contribution >= 4 is 5.91 Å². The molecule has 1 amide bonds. The van der Waals surface area contributed by atoms with E-state index < -0.39 is 0 Å². The molecule has 3 heteroatoms. The SMILES string of the molecule is CNC(=O)C[C@@H]1CCN(CCC2CCCCCC2)C1. The third-order valence-electron chi connectivity index (χ3n) is 4.95. The predicted octanol–water partition coefficient (Wildman–Crippen LogP) is 2.80. The van der Waals surface area contributed by atoms with Crippen LogP contribution in [0.3, 0.4) is 0 Å². The number of likely N-dealkylation sites (tertiary alicyclic amines) is 1. The summed E-state index contributed by atoms with van der Waals surface area (Å²) in [5.41, 5.74) is 0. The summed E-state index contributed by atoms with van der Waals surface area (Å²) in [4.78, 5) is 14.0. The zero-order valence-corrected chi connectivity index (χ0v) is 12.5. The maximum Gasteiger partial charge on any atom is 0.220 e. The third kappa shape index (κ3) is 5.13. The minimum Gasteiger partial charge on any atom is -0.359 e. The van der Waals surface area contributed by atoms with Crippen molar-refractivity contribution in [3.8, 4) is 0 Å². The zero-order valence-electron chi connectivity index (χ0n) is 12.5. The van der Waals surface area contributed by atoms with Crippen molar-refractivity contribution in [3.63, 3.8) is 0 Å². The first-order chi connectivity index (χ1) is 9.28. The minimum atomic E-state index is 0.204. The van der Waals surface area contributed by atoms with Crippen molar-refractivity contribution in [1.82, 2.24) is 10.2 Å². The summed E-state index contributed by atoms with van der Waals surface area (Å²) in [6.45, 7) is 3.60. The number of hydrogen-bond acceptors (Lipinski definition) is 2. The van der Waals surface area contributed by atoms with Crippen molar-refractivity contribution in [3.05, 3.63) is 0 Å². The molecule has 0 unspecified atom stereocenters. The van der Waals surface area contributed by atoms with Gasteiger partial charge >= 0.3 is 0 Å². The molecule has 3 nitrogen and oxygen atoms in total. The van der Waals surface area contributed by atoms with Gasteiger partial charge in [-0.1, -0.05) is 38.5 Å². The Morgan fingerprint density at radius 1 is 1.11 bits per heavy atom. The molecule has 0 aromatic heterocycles. The van der Waals surface area contributed by atoms with Crippen LogP contribution in [0.1, 0.15) is 57.8 Å². The highest BCUT2D eigenvalue weighted by Gasteiger charge is 2.24. The van der Waals surface area contributed by atoms with Gasteiger partial charge in [-0.3, -0.25) is 4.79 Å². The fraction of sp³-hybridized carbons (Fsp3) is 0.938. The van der Waals surface area contributed by atoms with Crippen LogP contribution < -0.4 is 5.32 Å². The summed E-state index contributed by atoms with van der Waals surface area (Å²) >= 11 is 0. The fourth-order valence-corrected chi connectivity index (χ4v) is 3.66. The summed E-state index contributed by atoms with van der Waals surface area (Å²) in [6.07, 6.45) is 12.0. The van der Waals surface area contributed by atoms with Crippen LogP contribution in [0.2, 0.25) is 0 Å². The molecule has 0 radical (unpaired) electrons. The largest absolute Gasteiger partial charge is 0.359 e. The van der Waals surface area contributed by atoms with Crippen LogP contribution in [0.4, 0.5) is 0 Å². The quantitative estimate of drug-likeness (QED) is 0.776. The first-order valence-corrected chi connectivity index (χ1v) is 8.21. The highest BCUT2D eigenvalue weighted by atomic mass is 16.1. The number of hydrogen-bond donors (Lipinski definition) is 1. The number of rotatable bonds is 5. The number of carbonyl (C=O) groups is 1. The van der Waals surface area contributed by atoms with Crippen LogP contribution >= 0.6 is 0 Å². The Balaban J connectivity index is 1.63. The van der Waals surface area contributed by atoms with Crippen molar-refractivity contribution < 1.29 is 4.79 Å². The Morgan fingerprint density at radius 2 is 1.84 bits per heavy atom. The fourth-order valence-electron chi connectivity index (χ4n) is 3.66. The standard InChI is InChI=1S/C16H30N2O/c1-17-16(19)12-15-9-11-18(13-15)10-8-14-6-4-2-3-5-7-14/h14-15H,2-13H2,1H3,(H,17,19)/t15-/m0/s1. The zero-order chi connectivity index (χ0) is 13.5. The molecule has 1 aliphatic carbocycles. The maximum atomic E-state index is 11.4. The van der Waals surface area contributed by atoms with Crippen molar-refractivity contribution in [2.45, 2.75) is 57.8 Å². The second kappa shape index (κ2) is 7.88. The van der Waals surface area contributed by atoms with Gasteiger partial charge in [0.25, 0.3) is 0 Å². The Morgan fingerprint density at radius 3 is 2.53 bits per heavy atom. The predicted molar refractivity (Wildman–Crippen MR) is 79.0 cm³/mol.